The standard InChI is InChI=1S/C22H18F3N3O5/c1-3-33-21(31)15-5-7-18(26-12(15)2)20(30)28-17-6-4-14(10-16(17)22(23,24)25)27-19(29)13-8-9-32-11-13/h4-11H,3H2,1-2H3,(H,27,29)(H,28,30). The van der Waals surface area contributed by atoms with Gasteiger partial charge in [0.25, 0.3) is 11.8 Å². The molecule has 0 radical (unpaired) electrons. The van der Waals surface area contributed by atoms with Gasteiger partial charge in [0.1, 0.15) is 12.0 Å². The molecule has 33 heavy (non-hydrogen) atoms. The largest absolute Gasteiger partial charge is 0.472 e. The Morgan fingerprint density at radius 1 is 1.06 bits per heavy atom. The van der Waals surface area contributed by atoms with E-state index in [0.717, 1.165) is 12.3 Å². The van der Waals surface area contributed by atoms with Crippen LogP contribution in [-0.2, 0) is 10.9 Å². The molecule has 0 aliphatic heterocycles. The predicted octanol–water partition coefficient (Wildman–Crippen LogP) is 4.68. The molecule has 3 aromatic rings. The minimum atomic E-state index is -4.82. The maximum atomic E-state index is 13.6. The number of nitrogens with zero attached hydrogens (tertiary/aromatic N) is 1. The van der Waals surface area contributed by atoms with Crippen molar-refractivity contribution < 1.29 is 36.7 Å². The molecule has 0 aliphatic rings. The van der Waals surface area contributed by atoms with Crippen LogP contribution in [0.15, 0.2) is 53.3 Å². The molecule has 1 aromatic carbocycles. The van der Waals surface area contributed by atoms with Gasteiger partial charge < -0.3 is 19.8 Å². The SMILES string of the molecule is CCOC(=O)c1ccc(C(=O)Nc2ccc(NC(=O)c3ccoc3)cc2C(F)(F)F)nc1C. The number of aromatic nitrogens is 1. The van der Waals surface area contributed by atoms with Gasteiger partial charge in [-0.1, -0.05) is 0 Å². The molecule has 2 amide bonds. The first kappa shape index (κ1) is 23.5. The van der Waals surface area contributed by atoms with Crippen LogP contribution >= 0.6 is 0 Å². The summed E-state index contributed by atoms with van der Waals surface area (Å²) in [6.07, 6.45) is -2.42. The van der Waals surface area contributed by atoms with E-state index in [2.05, 4.69) is 15.6 Å². The number of esters is 1. The number of benzene rings is 1. The van der Waals surface area contributed by atoms with Crippen LogP contribution in [0.5, 0.6) is 0 Å². The van der Waals surface area contributed by atoms with Crippen LogP contribution in [0.2, 0.25) is 0 Å². The average Bonchev–Trinajstić information content (AvgIpc) is 3.29. The van der Waals surface area contributed by atoms with Gasteiger partial charge in [0.15, 0.2) is 0 Å². The highest BCUT2D eigenvalue weighted by Gasteiger charge is 2.34. The van der Waals surface area contributed by atoms with Crippen LogP contribution in [0.4, 0.5) is 24.5 Å². The van der Waals surface area contributed by atoms with E-state index in [4.69, 9.17) is 9.15 Å². The van der Waals surface area contributed by atoms with Crippen molar-refractivity contribution in [2.75, 3.05) is 17.2 Å². The molecule has 2 N–H and O–H groups in total. The molecule has 0 aliphatic carbocycles. The Bertz CT molecular complexity index is 1190. The highest BCUT2D eigenvalue weighted by molar-refractivity contribution is 6.05. The van der Waals surface area contributed by atoms with Gasteiger partial charge in [-0.2, -0.15) is 13.2 Å². The van der Waals surface area contributed by atoms with Crippen LogP contribution in [-0.4, -0.2) is 29.4 Å². The second-order valence-electron chi connectivity index (χ2n) is 6.73. The van der Waals surface area contributed by atoms with E-state index in [0.29, 0.717) is 6.07 Å². The van der Waals surface area contributed by atoms with E-state index in [1.54, 1.807) is 6.92 Å². The van der Waals surface area contributed by atoms with Gasteiger partial charge in [0.05, 0.1) is 40.9 Å². The summed E-state index contributed by atoms with van der Waals surface area (Å²) in [6, 6.07) is 6.82. The number of carbonyl (C=O) groups is 3. The number of pyridine rings is 1. The number of nitrogens with one attached hydrogen (secondary N) is 2. The summed E-state index contributed by atoms with van der Waals surface area (Å²) >= 11 is 0. The van der Waals surface area contributed by atoms with Crippen molar-refractivity contribution >= 4 is 29.2 Å². The van der Waals surface area contributed by atoms with E-state index in [-0.39, 0.29) is 34.8 Å². The molecule has 0 saturated heterocycles. The molecule has 0 unspecified atom stereocenters. The molecular weight excluding hydrogens is 443 g/mol. The smallest absolute Gasteiger partial charge is 0.418 e. The number of carbonyl (C=O) groups excluding carboxylic acids is 3. The van der Waals surface area contributed by atoms with Gasteiger partial charge in [0.2, 0.25) is 0 Å². The number of anilines is 2. The zero-order chi connectivity index (χ0) is 24.2. The highest BCUT2D eigenvalue weighted by atomic mass is 19.4. The van der Waals surface area contributed by atoms with E-state index in [1.165, 1.54) is 37.5 Å². The number of hydrogen-bond acceptors (Lipinski definition) is 6. The maximum absolute atomic E-state index is 13.6. The lowest BCUT2D eigenvalue weighted by molar-refractivity contribution is -0.136. The summed E-state index contributed by atoms with van der Waals surface area (Å²) in [5.41, 5.74) is -1.54. The molecule has 0 fully saturated rings. The van der Waals surface area contributed by atoms with Crippen LogP contribution in [0, 0.1) is 6.92 Å². The third-order valence-electron chi connectivity index (χ3n) is 4.43. The fourth-order valence-electron chi connectivity index (χ4n) is 2.86. The summed E-state index contributed by atoms with van der Waals surface area (Å²) in [7, 11) is 0. The van der Waals surface area contributed by atoms with Crippen molar-refractivity contribution in [3.8, 4) is 0 Å². The molecule has 3 rings (SSSR count). The summed E-state index contributed by atoms with van der Waals surface area (Å²) in [5, 5.41) is 4.51. The van der Waals surface area contributed by atoms with Crippen molar-refractivity contribution in [1.82, 2.24) is 4.98 Å². The van der Waals surface area contributed by atoms with Crippen molar-refractivity contribution in [2.24, 2.45) is 0 Å². The minimum absolute atomic E-state index is 0.126. The molecule has 172 valence electrons. The molecule has 0 saturated carbocycles. The van der Waals surface area contributed by atoms with Gasteiger partial charge in [-0.3, -0.25) is 9.59 Å². The topological polar surface area (TPSA) is 111 Å². The number of alkyl halides is 3. The Kier molecular flexibility index (Phi) is 6.80. The predicted molar refractivity (Wildman–Crippen MR) is 111 cm³/mol. The van der Waals surface area contributed by atoms with Crippen molar-refractivity contribution in [2.45, 2.75) is 20.0 Å². The van der Waals surface area contributed by atoms with Crippen LogP contribution in [0.1, 0.15) is 49.4 Å². The molecule has 0 bridgehead atoms. The lowest BCUT2D eigenvalue weighted by Crippen LogP contribution is -2.19. The molecule has 2 aromatic heterocycles. The van der Waals surface area contributed by atoms with Crippen molar-refractivity contribution in [3.63, 3.8) is 0 Å². The third-order valence-corrected chi connectivity index (χ3v) is 4.43. The summed E-state index contributed by atoms with van der Waals surface area (Å²) in [5.74, 6) is -2.19. The quantitative estimate of drug-likeness (QED) is 0.516. The average molecular weight is 461 g/mol. The zero-order valence-corrected chi connectivity index (χ0v) is 17.4. The van der Waals surface area contributed by atoms with Crippen molar-refractivity contribution in [1.29, 1.82) is 0 Å². The Morgan fingerprint density at radius 2 is 1.82 bits per heavy atom. The molecular formula is C22H18F3N3O5. The van der Waals surface area contributed by atoms with Gasteiger partial charge >= 0.3 is 12.1 Å². The molecule has 11 heteroatoms. The second kappa shape index (κ2) is 9.55. The Balaban J connectivity index is 1.83. The third kappa shape index (κ3) is 5.56. The molecule has 0 spiro atoms. The van der Waals surface area contributed by atoms with Crippen LogP contribution < -0.4 is 10.6 Å². The van der Waals surface area contributed by atoms with Gasteiger partial charge in [-0.15, -0.1) is 0 Å². The normalized spacial score (nSPS) is 11.1. The van der Waals surface area contributed by atoms with Gasteiger partial charge in [-0.25, -0.2) is 9.78 Å². The number of amides is 2. The Hall–Kier alpha value is -4.15. The first-order valence-electron chi connectivity index (χ1n) is 9.61. The van der Waals surface area contributed by atoms with Crippen molar-refractivity contribution in [3.05, 3.63) is 77.0 Å². The maximum Gasteiger partial charge on any atom is 0.418 e. The molecule has 0 atom stereocenters. The lowest BCUT2D eigenvalue weighted by Gasteiger charge is -2.16. The van der Waals surface area contributed by atoms with E-state index < -0.39 is 35.2 Å². The first-order valence-corrected chi connectivity index (χ1v) is 9.61. The van der Waals surface area contributed by atoms with Crippen LogP contribution in [0.3, 0.4) is 0 Å². The number of aryl methyl sites for hydroxylation is 1. The van der Waals surface area contributed by atoms with Gasteiger partial charge in [-0.05, 0) is 50.2 Å². The number of halogens is 3. The number of rotatable bonds is 6. The fraction of sp³-hybridized carbons (Fsp3) is 0.182. The Labute approximate surface area is 185 Å². The monoisotopic (exact) mass is 461 g/mol. The summed E-state index contributed by atoms with van der Waals surface area (Å²) in [6.45, 7) is 3.26. The number of furan rings is 1. The molecule has 2 heterocycles. The second-order valence-corrected chi connectivity index (χ2v) is 6.73. The fourth-order valence-corrected chi connectivity index (χ4v) is 2.86. The van der Waals surface area contributed by atoms with Crippen LogP contribution in [0.25, 0.3) is 0 Å². The van der Waals surface area contributed by atoms with Gasteiger partial charge in [0, 0.05) is 5.69 Å². The number of hydrogen-bond donors (Lipinski definition) is 2. The minimum Gasteiger partial charge on any atom is -0.472 e. The summed E-state index contributed by atoms with van der Waals surface area (Å²) in [4.78, 5) is 40.4. The van der Waals surface area contributed by atoms with E-state index in [9.17, 15) is 27.6 Å². The Morgan fingerprint density at radius 3 is 2.42 bits per heavy atom. The summed E-state index contributed by atoms with van der Waals surface area (Å²) < 4.78 is 50.5. The lowest BCUT2D eigenvalue weighted by atomic mass is 10.1. The first-order chi connectivity index (χ1) is 15.6. The molecule has 8 nitrogen and oxygen atoms in total. The van der Waals surface area contributed by atoms with E-state index >= 15 is 0 Å². The van der Waals surface area contributed by atoms with E-state index in [1.807, 2.05) is 0 Å². The number of ether oxygens (including phenoxy) is 1. The highest BCUT2D eigenvalue weighted by Crippen LogP contribution is 2.37. The zero-order valence-electron chi connectivity index (χ0n) is 17.4.